The first-order valence-corrected chi connectivity index (χ1v) is 7.76. The van der Waals surface area contributed by atoms with Crippen molar-refractivity contribution in [2.24, 2.45) is 0 Å². The van der Waals surface area contributed by atoms with Gasteiger partial charge in [-0.3, -0.25) is 0 Å². The molecule has 0 amide bonds. The summed E-state index contributed by atoms with van der Waals surface area (Å²) in [6, 6.07) is 9.96. The normalized spacial score (nSPS) is 11.8. The molecule has 0 aliphatic heterocycles. The third-order valence-electron chi connectivity index (χ3n) is 2.65. The molecule has 1 aromatic heterocycles. The van der Waals surface area contributed by atoms with Crippen LogP contribution in [0.3, 0.4) is 0 Å². The molecule has 5 nitrogen and oxygen atoms in total. The van der Waals surface area contributed by atoms with E-state index >= 15 is 0 Å². The molecule has 0 spiro atoms. The van der Waals surface area contributed by atoms with Crippen LogP contribution in [0.1, 0.15) is 27.2 Å². The molecule has 0 atom stereocenters. The van der Waals surface area contributed by atoms with Gasteiger partial charge in [0.25, 0.3) is 0 Å². The van der Waals surface area contributed by atoms with E-state index in [1.165, 1.54) is 0 Å². The van der Waals surface area contributed by atoms with Crippen LogP contribution in [0, 0.1) is 0 Å². The topological polar surface area (TPSA) is 55.6 Å². The van der Waals surface area contributed by atoms with Crippen molar-refractivity contribution in [3.63, 3.8) is 0 Å². The molecule has 0 fully saturated rings. The van der Waals surface area contributed by atoms with Crippen molar-refractivity contribution in [1.82, 2.24) is 25.5 Å². The lowest BCUT2D eigenvalue weighted by Crippen LogP contribution is -2.36. The lowest BCUT2D eigenvalue weighted by Gasteiger charge is -2.20. The molecule has 0 unspecified atom stereocenters. The van der Waals surface area contributed by atoms with Crippen LogP contribution < -0.4 is 5.32 Å². The summed E-state index contributed by atoms with van der Waals surface area (Å²) < 4.78 is 1.78. The van der Waals surface area contributed by atoms with E-state index < -0.39 is 0 Å². The Hall–Kier alpha value is -1.40. The Morgan fingerprint density at radius 1 is 1.20 bits per heavy atom. The van der Waals surface area contributed by atoms with Crippen LogP contribution in [0.5, 0.6) is 0 Å². The molecule has 0 saturated heterocycles. The summed E-state index contributed by atoms with van der Waals surface area (Å²) in [5.74, 6) is 0.996. The summed E-state index contributed by atoms with van der Waals surface area (Å²) in [4.78, 5) is 0. The van der Waals surface area contributed by atoms with Gasteiger partial charge in [-0.05, 0) is 56.3 Å². The number of thioether (sulfide) groups is 1. The molecule has 6 heteroatoms. The van der Waals surface area contributed by atoms with Crippen LogP contribution in [0.25, 0.3) is 5.69 Å². The largest absolute Gasteiger partial charge is 0.312 e. The number of nitrogens with zero attached hydrogens (tertiary/aromatic N) is 4. The summed E-state index contributed by atoms with van der Waals surface area (Å²) in [6.07, 6.45) is 1.09. The SMILES string of the molecule is CC(C)(C)NCCCSc1nnnn1-c1ccccc1. The highest BCUT2D eigenvalue weighted by Gasteiger charge is 2.10. The smallest absolute Gasteiger partial charge is 0.214 e. The van der Waals surface area contributed by atoms with Crippen LogP contribution >= 0.6 is 11.8 Å². The van der Waals surface area contributed by atoms with Crippen molar-refractivity contribution in [3.05, 3.63) is 30.3 Å². The number of hydrogen-bond acceptors (Lipinski definition) is 5. The molecule has 20 heavy (non-hydrogen) atoms. The zero-order chi connectivity index (χ0) is 14.4. The zero-order valence-corrected chi connectivity index (χ0v) is 13.0. The van der Waals surface area contributed by atoms with Gasteiger partial charge in [0.15, 0.2) is 0 Å². The number of aromatic nitrogens is 4. The molecule has 0 aliphatic rings. The van der Waals surface area contributed by atoms with Gasteiger partial charge < -0.3 is 5.32 Å². The maximum Gasteiger partial charge on any atom is 0.214 e. The van der Waals surface area contributed by atoms with Crippen molar-refractivity contribution in [2.75, 3.05) is 12.3 Å². The summed E-state index contributed by atoms with van der Waals surface area (Å²) in [6.45, 7) is 7.53. The fourth-order valence-corrected chi connectivity index (χ4v) is 2.53. The second kappa shape index (κ2) is 6.85. The minimum Gasteiger partial charge on any atom is -0.312 e. The molecule has 0 saturated carbocycles. The van der Waals surface area contributed by atoms with Crippen LogP contribution in [0.15, 0.2) is 35.5 Å². The Bertz CT molecular complexity index is 518. The molecule has 108 valence electrons. The molecule has 0 bridgehead atoms. The zero-order valence-electron chi connectivity index (χ0n) is 12.2. The van der Waals surface area contributed by atoms with Gasteiger partial charge in [0.05, 0.1) is 5.69 Å². The molecule has 1 aromatic carbocycles. The van der Waals surface area contributed by atoms with Crippen molar-refractivity contribution < 1.29 is 0 Å². The van der Waals surface area contributed by atoms with Crippen molar-refractivity contribution in [3.8, 4) is 5.69 Å². The van der Waals surface area contributed by atoms with E-state index in [0.29, 0.717) is 0 Å². The number of tetrazole rings is 1. The average molecular weight is 291 g/mol. The Kier molecular flexibility index (Phi) is 5.14. The highest BCUT2D eigenvalue weighted by atomic mass is 32.2. The number of benzene rings is 1. The van der Waals surface area contributed by atoms with E-state index in [-0.39, 0.29) is 5.54 Å². The van der Waals surface area contributed by atoms with Crippen LogP contribution in [-0.2, 0) is 0 Å². The van der Waals surface area contributed by atoms with Crippen molar-refractivity contribution in [2.45, 2.75) is 37.9 Å². The van der Waals surface area contributed by atoms with E-state index in [1.807, 2.05) is 30.3 Å². The summed E-state index contributed by atoms with van der Waals surface area (Å²) in [5.41, 5.74) is 1.17. The first-order chi connectivity index (χ1) is 9.56. The fourth-order valence-electron chi connectivity index (χ4n) is 1.70. The third-order valence-corrected chi connectivity index (χ3v) is 3.65. The molecule has 1 heterocycles. The number of nitrogens with one attached hydrogen (secondary N) is 1. The summed E-state index contributed by atoms with van der Waals surface area (Å²) >= 11 is 1.69. The van der Waals surface area contributed by atoms with Crippen molar-refractivity contribution >= 4 is 11.8 Å². The first-order valence-electron chi connectivity index (χ1n) is 6.78. The van der Waals surface area contributed by atoms with Gasteiger partial charge in [-0.1, -0.05) is 30.0 Å². The average Bonchev–Trinajstić information content (AvgIpc) is 2.86. The Labute approximate surface area is 124 Å². The Morgan fingerprint density at radius 2 is 1.95 bits per heavy atom. The lowest BCUT2D eigenvalue weighted by molar-refractivity contribution is 0.427. The second-order valence-electron chi connectivity index (χ2n) is 5.59. The van der Waals surface area contributed by atoms with E-state index in [9.17, 15) is 0 Å². The van der Waals surface area contributed by atoms with Crippen LogP contribution in [0.4, 0.5) is 0 Å². The lowest BCUT2D eigenvalue weighted by atomic mass is 10.1. The number of para-hydroxylation sites is 1. The molecule has 2 aromatic rings. The minimum atomic E-state index is 0.177. The van der Waals surface area contributed by atoms with E-state index in [2.05, 4.69) is 41.6 Å². The highest BCUT2D eigenvalue weighted by molar-refractivity contribution is 7.99. The minimum absolute atomic E-state index is 0.177. The Morgan fingerprint density at radius 3 is 2.65 bits per heavy atom. The highest BCUT2D eigenvalue weighted by Crippen LogP contribution is 2.18. The van der Waals surface area contributed by atoms with Gasteiger partial charge in [-0.25, -0.2) is 0 Å². The van der Waals surface area contributed by atoms with Crippen LogP contribution in [-0.4, -0.2) is 38.0 Å². The quantitative estimate of drug-likeness (QED) is 0.655. The molecule has 2 rings (SSSR count). The van der Waals surface area contributed by atoms with Gasteiger partial charge in [0, 0.05) is 11.3 Å². The van der Waals surface area contributed by atoms with Gasteiger partial charge in [-0.15, -0.1) is 5.10 Å². The van der Waals surface area contributed by atoms with Gasteiger partial charge in [-0.2, -0.15) is 4.68 Å². The van der Waals surface area contributed by atoms with Crippen LogP contribution in [0.2, 0.25) is 0 Å². The third kappa shape index (κ3) is 4.61. The van der Waals surface area contributed by atoms with E-state index in [1.54, 1.807) is 16.4 Å². The monoisotopic (exact) mass is 291 g/mol. The predicted octanol–water partition coefficient (Wildman–Crippen LogP) is 2.53. The Balaban J connectivity index is 1.84. The summed E-state index contributed by atoms with van der Waals surface area (Å²) in [5, 5.41) is 16.2. The molecule has 0 aliphatic carbocycles. The second-order valence-corrected chi connectivity index (χ2v) is 6.65. The number of hydrogen-bond donors (Lipinski definition) is 1. The maximum atomic E-state index is 4.08. The molecule has 0 radical (unpaired) electrons. The van der Waals surface area contributed by atoms with Gasteiger partial charge >= 0.3 is 0 Å². The molecular weight excluding hydrogens is 270 g/mol. The molecule has 1 N–H and O–H groups in total. The van der Waals surface area contributed by atoms with Crippen molar-refractivity contribution in [1.29, 1.82) is 0 Å². The summed E-state index contributed by atoms with van der Waals surface area (Å²) in [7, 11) is 0. The van der Waals surface area contributed by atoms with E-state index in [4.69, 9.17) is 0 Å². The first kappa shape index (κ1) is 15.0. The fraction of sp³-hybridized carbons (Fsp3) is 0.500. The molecular formula is C14H21N5S. The standard InChI is InChI=1S/C14H21N5S/c1-14(2,3)15-10-7-11-20-13-16-17-18-19(13)12-8-5-4-6-9-12/h4-6,8-9,15H,7,10-11H2,1-3H3. The maximum absolute atomic E-state index is 4.08. The predicted molar refractivity (Wildman–Crippen MR) is 82.3 cm³/mol. The van der Waals surface area contributed by atoms with Gasteiger partial charge in [0.1, 0.15) is 0 Å². The number of rotatable bonds is 6. The van der Waals surface area contributed by atoms with E-state index in [0.717, 1.165) is 29.6 Å². The van der Waals surface area contributed by atoms with Gasteiger partial charge in [0.2, 0.25) is 5.16 Å².